The zero-order valence-electron chi connectivity index (χ0n) is 15.9. The van der Waals surface area contributed by atoms with E-state index in [1.807, 2.05) is 30.3 Å². The van der Waals surface area contributed by atoms with Crippen molar-refractivity contribution in [3.63, 3.8) is 0 Å². The van der Waals surface area contributed by atoms with E-state index in [2.05, 4.69) is 31.4 Å². The molecule has 0 aliphatic carbocycles. The van der Waals surface area contributed by atoms with Gasteiger partial charge >= 0.3 is 0 Å². The van der Waals surface area contributed by atoms with Crippen LogP contribution in [-0.2, 0) is 0 Å². The van der Waals surface area contributed by atoms with E-state index in [1.54, 1.807) is 18.2 Å². The van der Waals surface area contributed by atoms with Crippen LogP contribution in [0.15, 0.2) is 76.3 Å². The number of carbonyl (C=O) groups is 1. The molecule has 0 aliphatic rings. The first-order valence-corrected chi connectivity index (χ1v) is 9.91. The summed E-state index contributed by atoms with van der Waals surface area (Å²) in [5.41, 5.74) is 4.87. The number of phenols is 1. The number of nitrogens with one attached hydrogen (secondary N) is 2. The van der Waals surface area contributed by atoms with Crippen molar-refractivity contribution in [2.75, 3.05) is 0 Å². The van der Waals surface area contributed by atoms with Gasteiger partial charge in [-0.2, -0.15) is 5.10 Å². The van der Waals surface area contributed by atoms with E-state index in [9.17, 15) is 20.0 Å². The predicted octanol–water partition coefficient (Wildman–Crippen LogP) is 4.98. The van der Waals surface area contributed by atoms with Gasteiger partial charge in [0.1, 0.15) is 11.4 Å². The molecule has 1 heterocycles. The fourth-order valence-electron chi connectivity index (χ4n) is 3.21. The van der Waals surface area contributed by atoms with E-state index in [1.165, 1.54) is 24.4 Å². The van der Waals surface area contributed by atoms with Gasteiger partial charge in [-0.1, -0.05) is 46.3 Å². The molecular weight excluding hydrogens is 464 g/mol. The maximum Gasteiger partial charge on any atom is 0.288 e. The summed E-state index contributed by atoms with van der Waals surface area (Å²) in [6, 6.07) is 18.4. The van der Waals surface area contributed by atoms with Crippen LogP contribution in [-0.4, -0.2) is 27.1 Å². The van der Waals surface area contributed by atoms with Gasteiger partial charge < -0.3 is 10.1 Å². The summed E-state index contributed by atoms with van der Waals surface area (Å²) in [5.74, 6) is -0.507. The van der Waals surface area contributed by atoms with E-state index in [0.29, 0.717) is 22.0 Å². The highest BCUT2D eigenvalue weighted by molar-refractivity contribution is 9.10. The van der Waals surface area contributed by atoms with Crippen LogP contribution in [0, 0.1) is 10.1 Å². The minimum atomic E-state index is -0.525. The third-order valence-corrected chi connectivity index (χ3v) is 5.14. The smallest absolute Gasteiger partial charge is 0.288 e. The molecule has 1 aromatic heterocycles. The molecule has 4 rings (SSSR count). The summed E-state index contributed by atoms with van der Waals surface area (Å²) in [7, 11) is 0. The lowest BCUT2D eigenvalue weighted by molar-refractivity contribution is -0.384. The number of amides is 1. The number of fused-ring (bicyclic) bond motifs is 1. The Labute approximate surface area is 184 Å². The van der Waals surface area contributed by atoms with Crippen LogP contribution in [0.1, 0.15) is 16.1 Å². The number of rotatable bonds is 5. The lowest BCUT2D eigenvalue weighted by Crippen LogP contribution is -2.18. The highest BCUT2D eigenvalue weighted by atomic mass is 79.9. The molecule has 3 aromatic carbocycles. The van der Waals surface area contributed by atoms with E-state index >= 15 is 0 Å². The van der Waals surface area contributed by atoms with Gasteiger partial charge in [-0.05, 0) is 29.8 Å². The largest absolute Gasteiger partial charge is 0.507 e. The van der Waals surface area contributed by atoms with Gasteiger partial charge in [0.05, 0.1) is 11.1 Å². The van der Waals surface area contributed by atoms with Crippen molar-refractivity contribution in [3.05, 3.63) is 92.6 Å². The zero-order chi connectivity index (χ0) is 22.0. The molecule has 4 aromatic rings. The van der Waals surface area contributed by atoms with Crippen LogP contribution in [0.25, 0.3) is 22.0 Å². The highest BCUT2D eigenvalue weighted by Gasteiger charge is 2.21. The number of nitrogens with zero attached hydrogens (tertiary/aromatic N) is 2. The van der Waals surface area contributed by atoms with Crippen molar-refractivity contribution >= 4 is 44.6 Å². The van der Waals surface area contributed by atoms with Crippen LogP contribution in [0.5, 0.6) is 5.75 Å². The number of hydrazone groups is 1. The Balaban J connectivity index is 1.74. The third kappa shape index (κ3) is 4.17. The normalized spacial score (nSPS) is 11.1. The number of hydrogen-bond donors (Lipinski definition) is 3. The number of nitro groups is 1. The Bertz CT molecular complexity index is 1330. The van der Waals surface area contributed by atoms with Crippen LogP contribution in [0.4, 0.5) is 5.69 Å². The first-order valence-electron chi connectivity index (χ1n) is 9.11. The summed E-state index contributed by atoms with van der Waals surface area (Å²) in [6.07, 6.45) is 1.33. The molecule has 0 saturated heterocycles. The second kappa shape index (κ2) is 8.41. The summed E-state index contributed by atoms with van der Waals surface area (Å²) in [4.78, 5) is 26.7. The van der Waals surface area contributed by atoms with Gasteiger partial charge in [-0.15, -0.1) is 0 Å². The van der Waals surface area contributed by atoms with Gasteiger partial charge in [0.25, 0.3) is 11.6 Å². The number of carbonyl (C=O) groups excluding carboxylic acids is 1. The first-order chi connectivity index (χ1) is 14.9. The lowest BCUT2D eigenvalue weighted by Gasteiger charge is -2.04. The quantitative estimate of drug-likeness (QED) is 0.213. The number of benzene rings is 3. The van der Waals surface area contributed by atoms with Crippen molar-refractivity contribution in [3.8, 4) is 16.9 Å². The molecular formula is C22H15BrN4O4. The molecule has 154 valence electrons. The Kier molecular flexibility index (Phi) is 5.50. The fourth-order valence-corrected chi connectivity index (χ4v) is 3.59. The Morgan fingerprint density at radius 3 is 2.65 bits per heavy atom. The van der Waals surface area contributed by atoms with Gasteiger partial charge in [-0.3, -0.25) is 14.9 Å². The number of aromatic nitrogens is 1. The van der Waals surface area contributed by atoms with Crippen molar-refractivity contribution in [2.45, 2.75) is 0 Å². The molecule has 0 atom stereocenters. The number of halogens is 1. The average molecular weight is 479 g/mol. The number of aromatic amines is 1. The summed E-state index contributed by atoms with van der Waals surface area (Å²) in [6.45, 7) is 0. The SMILES string of the molecule is O=C(N/N=C/c1cc(Br)ccc1O)c1[nH]c2ccc([N+](=O)[O-])cc2c1-c1ccccc1. The van der Waals surface area contributed by atoms with Crippen molar-refractivity contribution in [2.24, 2.45) is 5.10 Å². The van der Waals surface area contributed by atoms with Crippen LogP contribution in [0.3, 0.4) is 0 Å². The van der Waals surface area contributed by atoms with Crippen molar-refractivity contribution in [1.29, 1.82) is 0 Å². The first kappa shape index (κ1) is 20.3. The molecule has 8 nitrogen and oxygen atoms in total. The van der Waals surface area contributed by atoms with E-state index in [-0.39, 0.29) is 17.1 Å². The van der Waals surface area contributed by atoms with Crippen LogP contribution in [0.2, 0.25) is 0 Å². The highest BCUT2D eigenvalue weighted by Crippen LogP contribution is 2.34. The third-order valence-electron chi connectivity index (χ3n) is 4.64. The molecule has 1 amide bonds. The second-order valence-corrected chi connectivity index (χ2v) is 7.55. The minimum absolute atomic E-state index is 0.0177. The average Bonchev–Trinajstić information content (AvgIpc) is 3.15. The number of nitro benzene ring substituents is 1. The number of phenolic OH excluding ortho intramolecular Hbond substituents is 1. The monoisotopic (exact) mass is 478 g/mol. The summed E-state index contributed by atoms with van der Waals surface area (Å²) in [5, 5.41) is 25.6. The molecule has 0 aliphatic heterocycles. The number of aromatic hydroxyl groups is 1. The molecule has 9 heteroatoms. The van der Waals surface area contributed by atoms with E-state index in [4.69, 9.17) is 0 Å². The van der Waals surface area contributed by atoms with Crippen molar-refractivity contribution < 1.29 is 14.8 Å². The molecule has 0 saturated carbocycles. The summed E-state index contributed by atoms with van der Waals surface area (Å²) >= 11 is 3.31. The predicted molar refractivity (Wildman–Crippen MR) is 121 cm³/mol. The number of H-pyrrole nitrogens is 1. The minimum Gasteiger partial charge on any atom is -0.507 e. The van der Waals surface area contributed by atoms with Gasteiger partial charge in [-0.25, -0.2) is 5.43 Å². The zero-order valence-corrected chi connectivity index (χ0v) is 17.5. The van der Waals surface area contributed by atoms with E-state index < -0.39 is 10.8 Å². The Hall–Kier alpha value is -3.98. The number of hydrogen-bond acceptors (Lipinski definition) is 5. The number of non-ortho nitro benzene ring substituents is 1. The summed E-state index contributed by atoms with van der Waals surface area (Å²) < 4.78 is 0.752. The maximum atomic E-state index is 12.9. The molecule has 0 unspecified atom stereocenters. The Morgan fingerprint density at radius 2 is 1.90 bits per heavy atom. The maximum absolute atomic E-state index is 12.9. The Morgan fingerprint density at radius 1 is 1.13 bits per heavy atom. The molecule has 0 radical (unpaired) electrons. The lowest BCUT2D eigenvalue weighted by atomic mass is 10.0. The van der Waals surface area contributed by atoms with Gasteiger partial charge in [0.2, 0.25) is 0 Å². The fraction of sp³-hybridized carbons (Fsp3) is 0. The van der Waals surface area contributed by atoms with Gasteiger partial charge in [0, 0.05) is 38.6 Å². The molecule has 31 heavy (non-hydrogen) atoms. The van der Waals surface area contributed by atoms with Crippen LogP contribution >= 0.6 is 15.9 Å². The van der Waals surface area contributed by atoms with Gasteiger partial charge in [0.15, 0.2) is 0 Å². The molecule has 3 N–H and O–H groups in total. The van der Waals surface area contributed by atoms with E-state index in [0.717, 1.165) is 10.0 Å². The molecule has 0 fully saturated rings. The topological polar surface area (TPSA) is 121 Å². The van der Waals surface area contributed by atoms with Crippen molar-refractivity contribution in [1.82, 2.24) is 10.4 Å². The second-order valence-electron chi connectivity index (χ2n) is 6.63. The standard InChI is InChI=1S/C22H15BrN4O4/c23-15-6-9-19(28)14(10-15)12-24-26-22(29)21-20(13-4-2-1-3-5-13)17-11-16(27(30)31)7-8-18(17)25-21/h1-12,25,28H,(H,26,29)/b24-12+. The molecule has 0 spiro atoms. The molecule has 0 bridgehead atoms. The van der Waals surface area contributed by atoms with Crippen LogP contribution < -0.4 is 5.43 Å².